The molecule has 34 heavy (non-hydrogen) atoms. The lowest BCUT2D eigenvalue weighted by molar-refractivity contribution is -0.122. The van der Waals surface area contributed by atoms with E-state index in [1.54, 1.807) is 0 Å². The number of primary amides is 1. The van der Waals surface area contributed by atoms with E-state index in [0.29, 0.717) is 17.1 Å². The number of methoxy groups -OCH3 is 1. The molecule has 1 unspecified atom stereocenters. The number of nitrogen functional groups attached to an aromatic ring is 1. The highest BCUT2D eigenvalue weighted by Gasteiger charge is 2.36. The summed E-state index contributed by atoms with van der Waals surface area (Å²) in [7, 11) is 1.47. The summed E-state index contributed by atoms with van der Waals surface area (Å²) in [5.74, 6) is -2.82. The smallest absolute Gasteiger partial charge is 0.273 e. The number of benzene rings is 2. The molecule has 12 heteroatoms. The minimum atomic E-state index is -1.26. The Kier molecular flexibility index (Phi) is 7.76. The predicted molar refractivity (Wildman–Crippen MR) is 124 cm³/mol. The van der Waals surface area contributed by atoms with E-state index in [4.69, 9.17) is 16.2 Å². The molecule has 0 spiro atoms. The number of phenolic OH excluding ortho intramolecular Hbond substituents is 1. The highest BCUT2D eigenvalue weighted by molar-refractivity contribution is 7.09. The van der Waals surface area contributed by atoms with Crippen LogP contribution in [0.3, 0.4) is 0 Å². The zero-order valence-electron chi connectivity index (χ0n) is 18.0. The molecule has 0 bridgehead atoms. The Balaban J connectivity index is 2.16. The molecule has 0 aliphatic rings. The van der Waals surface area contributed by atoms with Gasteiger partial charge in [-0.1, -0.05) is 12.1 Å². The summed E-state index contributed by atoms with van der Waals surface area (Å²) in [5.41, 5.74) is 11.3. The molecule has 0 radical (unpaired) electrons. The van der Waals surface area contributed by atoms with Crippen LogP contribution in [0.15, 0.2) is 48.5 Å². The summed E-state index contributed by atoms with van der Waals surface area (Å²) in [4.78, 5) is 39.6. The summed E-state index contributed by atoms with van der Waals surface area (Å²) in [6.07, 6.45) is 0. The monoisotopic (exact) mass is 487 g/mol. The lowest BCUT2D eigenvalue weighted by Crippen LogP contribution is -2.44. The van der Waals surface area contributed by atoms with E-state index in [9.17, 15) is 23.9 Å². The highest BCUT2D eigenvalue weighted by Crippen LogP contribution is 2.33. The van der Waals surface area contributed by atoms with Crippen molar-refractivity contribution in [2.45, 2.75) is 6.04 Å². The second-order valence-electron chi connectivity index (χ2n) is 7.07. The number of nitrogens with two attached hydrogens (primary N) is 2. The number of rotatable bonds is 9. The Labute approximate surface area is 198 Å². The van der Waals surface area contributed by atoms with Gasteiger partial charge in [-0.05, 0) is 53.5 Å². The van der Waals surface area contributed by atoms with Crippen LogP contribution in [0.2, 0.25) is 0 Å². The van der Waals surface area contributed by atoms with Gasteiger partial charge in [0.05, 0.1) is 12.3 Å². The average Bonchev–Trinajstić information content (AvgIpc) is 3.20. The van der Waals surface area contributed by atoms with Crippen molar-refractivity contribution in [1.82, 2.24) is 9.69 Å². The number of nitrogens with one attached hydrogen (secondary N) is 1. The zero-order chi connectivity index (χ0) is 24.8. The fourth-order valence-corrected chi connectivity index (χ4v) is 3.91. The second-order valence-corrected chi connectivity index (χ2v) is 7.84. The van der Waals surface area contributed by atoms with Gasteiger partial charge in [0, 0.05) is 19.3 Å². The van der Waals surface area contributed by atoms with E-state index in [-0.39, 0.29) is 40.8 Å². The number of carbonyl (C=O) groups excluding carboxylic acids is 3. The van der Waals surface area contributed by atoms with E-state index in [1.807, 2.05) is 0 Å². The van der Waals surface area contributed by atoms with Gasteiger partial charge in [0.2, 0.25) is 5.91 Å². The fraction of sp³-hybridized carbons (Fsp3) is 0.182. The topological polar surface area (TPSA) is 161 Å². The third-order valence-electron chi connectivity index (χ3n) is 4.80. The quantitative estimate of drug-likeness (QED) is 0.335. The van der Waals surface area contributed by atoms with Crippen molar-refractivity contribution in [1.29, 1.82) is 0 Å². The largest absolute Gasteiger partial charge is 0.508 e. The molecule has 3 rings (SSSR count). The summed E-state index contributed by atoms with van der Waals surface area (Å²) in [5, 5.41) is 12.4. The number of nitrogens with zero attached hydrogens (tertiary/aromatic N) is 2. The minimum absolute atomic E-state index is 0.0419. The van der Waals surface area contributed by atoms with Gasteiger partial charge in [-0.25, -0.2) is 4.39 Å². The molecule has 0 saturated heterocycles. The van der Waals surface area contributed by atoms with Crippen LogP contribution in [0.25, 0.3) is 0 Å². The summed E-state index contributed by atoms with van der Waals surface area (Å²) in [6, 6.07) is 9.36. The maximum Gasteiger partial charge on any atom is 0.273 e. The Morgan fingerprint density at radius 1 is 1.18 bits per heavy atom. The van der Waals surface area contributed by atoms with Crippen LogP contribution in [-0.2, 0) is 9.53 Å². The predicted octanol–water partition coefficient (Wildman–Crippen LogP) is 1.82. The number of amides is 3. The summed E-state index contributed by atoms with van der Waals surface area (Å²) >= 11 is 0.654. The molecular weight excluding hydrogens is 465 g/mol. The molecule has 6 N–H and O–H groups in total. The molecule has 10 nitrogen and oxygen atoms in total. The van der Waals surface area contributed by atoms with Crippen molar-refractivity contribution in [3.05, 3.63) is 70.5 Å². The van der Waals surface area contributed by atoms with Gasteiger partial charge in [0.1, 0.15) is 22.5 Å². The number of carbonyl (C=O) groups is 3. The molecule has 0 aliphatic carbocycles. The first-order valence-corrected chi connectivity index (χ1v) is 10.7. The molecule has 2 aromatic carbocycles. The molecule has 178 valence electrons. The number of halogens is 1. The van der Waals surface area contributed by atoms with Crippen molar-refractivity contribution in [3.63, 3.8) is 0 Å². The Morgan fingerprint density at radius 2 is 1.82 bits per heavy atom. The maximum atomic E-state index is 13.7. The van der Waals surface area contributed by atoms with Crippen LogP contribution >= 0.6 is 11.5 Å². The first-order valence-electron chi connectivity index (χ1n) is 9.94. The lowest BCUT2D eigenvalue weighted by atomic mass is 10.0. The Hall–Kier alpha value is -4.03. The van der Waals surface area contributed by atoms with Crippen molar-refractivity contribution in [3.8, 4) is 5.75 Å². The van der Waals surface area contributed by atoms with Gasteiger partial charge in [0.25, 0.3) is 11.8 Å². The molecule has 0 fully saturated rings. The number of aromatic nitrogens is 1. The Morgan fingerprint density at radius 3 is 2.38 bits per heavy atom. The SMILES string of the molecule is COCCNC(=O)C(c1ccc(O)cc1)N(C(=O)c1snc(C(N)=O)c1N)c1ccc(F)cc1. The van der Waals surface area contributed by atoms with E-state index < -0.39 is 29.6 Å². The van der Waals surface area contributed by atoms with Gasteiger partial charge in [-0.2, -0.15) is 4.37 Å². The Bertz CT molecular complexity index is 1180. The van der Waals surface area contributed by atoms with E-state index in [2.05, 4.69) is 9.69 Å². The van der Waals surface area contributed by atoms with E-state index >= 15 is 0 Å². The van der Waals surface area contributed by atoms with E-state index in [0.717, 1.165) is 17.0 Å². The number of ether oxygens (including phenoxy) is 1. The number of phenols is 1. The molecule has 1 atom stereocenters. The highest BCUT2D eigenvalue weighted by atomic mass is 32.1. The van der Waals surface area contributed by atoms with Gasteiger partial charge in [-0.3, -0.25) is 19.3 Å². The lowest BCUT2D eigenvalue weighted by Gasteiger charge is -2.31. The molecule has 0 saturated carbocycles. The van der Waals surface area contributed by atoms with Gasteiger partial charge < -0.3 is 26.6 Å². The van der Waals surface area contributed by atoms with Crippen LogP contribution in [0.4, 0.5) is 15.8 Å². The summed E-state index contributed by atoms with van der Waals surface area (Å²) in [6.45, 7) is 0.381. The number of hydrogen-bond acceptors (Lipinski definition) is 8. The molecule has 1 heterocycles. The van der Waals surface area contributed by atoms with Crippen LogP contribution in [0.5, 0.6) is 5.75 Å². The standard InChI is InChI=1S/C22H22FN5O5S/c1-33-11-10-26-21(31)18(12-2-8-15(29)9-3-12)28(14-6-4-13(23)5-7-14)22(32)19-16(24)17(20(25)30)27-34-19/h2-9,18,29H,10-11,24H2,1H3,(H2,25,30)(H,26,31). The molecule has 3 amide bonds. The van der Waals surface area contributed by atoms with Crippen molar-refractivity contribution < 1.29 is 28.6 Å². The minimum Gasteiger partial charge on any atom is -0.508 e. The van der Waals surface area contributed by atoms with Crippen LogP contribution in [0.1, 0.15) is 31.8 Å². The third kappa shape index (κ3) is 5.30. The zero-order valence-corrected chi connectivity index (χ0v) is 18.8. The van der Waals surface area contributed by atoms with Gasteiger partial charge in [-0.15, -0.1) is 0 Å². The van der Waals surface area contributed by atoms with Crippen LogP contribution in [0, 0.1) is 5.82 Å². The van der Waals surface area contributed by atoms with Crippen molar-refractivity contribution in [2.75, 3.05) is 30.9 Å². The van der Waals surface area contributed by atoms with Crippen LogP contribution < -0.4 is 21.7 Å². The van der Waals surface area contributed by atoms with Crippen molar-refractivity contribution in [2.24, 2.45) is 5.73 Å². The first kappa shape index (κ1) is 24.6. The number of aromatic hydroxyl groups is 1. The first-order chi connectivity index (χ1) is 16.2. The number of anilines is 2. The third-order valence-corrected chi connectivity index (χ3v) is 5.65. The summed E-state index contributed by atoms with van der Waals surface area (Å²) < 4.78 is 22.5. The van der Waals surface area contributed by atoms with Crippen molar-refractivity contribution >= 4 is 40.6 Å². The van der Waals surface area contributed by atoms with Gasteiger partial charge in [0.15, 0.2) is 5.69 Å². The van der Waals surface area contributed by atoms with E-state index in [1.165, 1.54) is 43.5 Å². The molecule has 0 aliphatic heterocycles. The van der Waals surface area contributed by atoms with Crippen LogP contribution in [-0.4, -0.2) is 47.5 Å². The maximum absolute atomic E-state index is 13.7. The second kappa shape index (κ2) is 10.7. The molecule has 1 aromatic heterocycles. The molecule has 3 aromatic rings. The normalized spacial score (nSPS) is 11.6. The molecular formula is C22H22FN5O5S. The fourth-order valence-electron chi connectivity index (χ4n) is 3.17. The van der Waals surface area contributed by atoms with Gasteiger partial charge >= 0.3 is 0 Å². The number of hydrogen-bond donors (Lipinski definition) is 4. The average molecular weight is 488 g/mol.